The Bertz CT molecular complexity index is 517. The molecule has 0 spiro atoms. The van der Waals surface area contributed by atoms with E-state index in [1.807, 2.05) is 49.4 Å². The van der Waals surface area contributed by atoms with Gasteiger partial charge in [-0.2, -0.15) is 0 Å². The molecule has 0 aliphatic rings. The van der Waals surface area contributed by atoms with Crippen LogP contribution in [-0.4, -0.2) is 11.1 Å². The minimum absolute atomic E-state index is 0.0866. The third kappa shape index (κ3) is 2.36. The summed E-state index contributed by atoms with van der Waals surface area (Å²) in [6.07, 6.45) is 0. The molecular formula is C15H14O2. The van der Waals surface area contributed by atoms with E-state index in [1.165, 1.54) is 0 Å². The van der Waals surface area contributed by atoms with Crippen molar-refractivity contribution in [2.24, 2.45) is 0 Å². The standard InChI is InChI=1S/C15H14O2/c1-11(12-7-3-2-4-8-12)13-9-5-6-10-14(13)15(16)17/h2-11H,1H3,(H,16,17). The van der Waals surface area contributed by atoms with Gasteiger partial charge in [0, 0.05) is 5.92 Å². The lowest BCUT2D eigenvalue weighted by Crippen LogP contribution is -2.06. The van der Waals surface area contributed by atoms with E-state index in [1.54, 1.807) is 12.1 Å². The topological polar surface area (TPSA) is 37.3 Å². The number of rotatable bonds is 3. The van der Waals surface area contributed by atoms with Crippen molar-refractivity contribution in [2.75, 3.05) is 0 Å². The number of aromatic carboxylic acids is 1. The van der Waals surface area contributed by atoms with Crippen molar-refractivity contribution in [3.8, 4) is 0 Å². The van der Waals surface area contributed by atoms with E-state index in [4.69, 9.17) is 5.11 Å². The molecule has 17 heavy (non-hydrogen) atoms. The lowest BCUT2D eigenvalue weighted by molar-refractivity contribution is 0.0695. The number of hydrogen-bond acceptors (Lipinski definition) is 1. The molecule has 1 N–H and O–H groups in total. The fraction of sp³-hybridized carbons (Fsp3) is 0.133. The van der Waals surface area contributed by atoms with Crippen LogP contribution in [0.1, 0.15) is 34.3 Å². The van der Waals surface area contributed by atoms with Crippen LogP contribution < -0.4 is 0 Å². The number of benzene rings is 2. The second-order valence-corrected chi connectivity index (χ2v) is 4.02. The molecule has 0 aliphatic carbocycles. The van der Waals surface area contributed by atoms with Crippen LogP contribution in [0.5, 0.6) is 0 Å². The average Bonchev–Trinajstić information content (AvgIpc) is 2.39. The van der Waals surface area contributed by atoms with Crippen LogP contribution in [0.3, 0.4) is 0 Å². The summed E-state index contributed by atoms with van der Waals surface area (Å²) in [4.78, 5) is 11.2. The van der Waals surface area contributed by atoms with Crippen molar-refractivity contribution in [3.05, 3.63) is 71.3 Å². The smallest absolute Gasteiger partial charge is 0.335 e. The summed E-state index contributed by atoms with van der Waals surface area (Å²) in [6.45, 7) is 2.02. The highest BCUT2D eigenvalue weighted by Crippen LogP contribution is 2.26. The first-order valence-electron chi connectivity index (χ1n) is 5.57. The van der Waals surface area contributed by atoms with E-state index in [0.29, 0.717) is 5.56 Å². The van der Waals surface area contributed by atoms with E-state index in [2.05, 4.69) is 0 Å². The molecule has 86 valence electrons. The van der Waals surface area contributed by atoms with Gasteiger partial charge in [0.1, 0.15) is 0 Å². The zero-order valence-corrected chi connectivity index (χ0v) is 9.63. The summed E-state index contributed by atoms with van der Waals surface area (Å²) >= 11 is 0. The van der Waals surface area contributed by atoms with Crippen molar-refractivity contribution >= 4 is 5.97 Å². The van der Waals surface area contributed by atoms with Gasteiger partial charge >= 0.3 is 5.97 Å². The molecule has 2 rings (SSSR count). The van der Waals surface area contributed by atoms with Gasteiger partial charge in [0.25, 0.3) is 0 Å². The predicted molar refractivity (Wildman–Crippen MR) is 67.4 cm³/mol. The highest BCUT2D eigenvalue weighted by atomic mass is 16.4. The zero-order chi connectivity index (χ0) is 12.3. The third-order valence-electron chi connectivity index (χ3n) is 2.96. The van der Waals surface area contributed by atoms with Gasteiger partial charge in [0.05, 0.1) is 5.56 Å². The van der Waals surface area contributed by atoms with Gasteiger partial charge in [-0.3, -0.25) is 0 Å². The Balaban J connectivity index is 2.44. The van der Waals surface area contributed by atoms with Crippen molar-refractivity contribution in [1.29, 1.82) is 0 Å². The minimum Gasteiger partial charge on any atom is -0.478 e. The minimum atomic E-state index is -0.872. The van der Waals surface area contributed by atoms with Gasteiger partial charge in [-0.05, 0) is 17.2 Å². The van der Waals surface area contributed by atoms with Gasteiger partial charge in [0.2, 0.25) is 0 Å². The SMILES string of the molecule is CC(c1ccccc1)c1ccccc1C(=O)O. The largest absolute Gasteiger partial charge is 0.478 e. The zero-order valence-electron chi connectivity index (χ0n) is 9.63. The second-order valence-electron chi connectivity index (χ2n) is 4.02. The number of carboxylic acids is 1. The summed E-state index contributed by atoms with van der Waals surface area (Å²) in [7, 11) is 0. The lowest BCUT2D eigenvalue weighted by atomic mass is 9.90. The molecule has 0 saturated carbocycles. The summed E-state index contributed by atoms with van der Waals surface area (Å²) in [5.74, 6) is -0.785. The number of hydrogen-bond donors (Lipinski definition) is 1. The Morgan fingerprint density at radius 3 is 2.24 bits per heavy atom. The molecule has 1 unspecified atom stereocenters. The van der Waals surface area contributed by atoms with Gasteiger partial charge in [-0.15, -0.1) is 0 Å². The van der Waals surface area contributed by atoms with Crippen molar-refractivity contribution in [1.82, 2.24) is 0 Å². The average molecular weight is 226 g/mol. The molecule has 0 saturated heterocycles. The molecular weight excluding hydrogens is 212 g/mol. The maximum atomic E-state index is 11.2. The molecule has 0 radical (unpaired) electrons. The van der Waals surface area contributed by atoms with Crippen LogP contribution in [0.25, 0.3) is 0 Å². The van der Waals surface area contributed by atoms with Crippen molar-refractivity contribution < 1.29 is 9.90 Å². The Labute approximate surface area is 101 Å². The van der Waals surface area contributed by atoms with Crippen molar-refractivity contribution in [2.45, 2.75) is 12.8 Å². The molecule has 0 bridgehead atoms. The molecule has 0 heterocycles. The first-order valence-corrected chi connectivity index (χ1v) is 5.57. The van der Waals surface area contributed by atoms with Crippen LogP contribution in [-0.2, 0) is 0 Å². The number of carboxylic acid groups (broad SMARTS) is 1. The Morgan fingerprint density at radius 2 is 1.59 bits per heavy atom. The van der Waals surface area contributed by atoms with E-state index in [-0.39, 0.29) is 5.92 Å². The Kier molecular flexibility index (Phi) is 3.24. The van der Waals surface area contributed by atoms with E-state index >= 15 is 0 Å². The molecule has 2 nitrogen and oxygen atoms in total. The molecule has 0 fully saturated rings. The molecule has 2 heteroatoms. The van der Waals surface area contributed by atoms with E-state index < -0.39 is 5.97 Å². The number of carbonyl (C=O) groups is 1. The Morgan fingerprint density at radius 1 is 1.00 bits per heavy atom. The van der Waals surface area contributed by atoms with E-state index in [0.717, 1.165) is 11.1 Å². The molecule has 1 atom stereocenters. The highest BCUT2D eigenvalue weighted by Gasteiger charge is 2.15. The van der Waals surface area contributed by atoms with Gasteiger partial charge in [0.15, 0.2) is 0 Å². The van der Waals surface area contributed by atoms with Gasteiger partial charge < -0.3 is 5.11 Å². The van der Waals surface area contributed by atoms with Crippen LogP contribution >= 0.6 is 0 Å². The summed E-state index contributed by atoms with van der Waals surface area (Å²) < 4.78 is 0. The Hall–Kier alpha value is -2.09. The van der Waals surface area contributed by atoms with Crippen molar-refractivity contribution in [3.63, 3.8) is 0 Å². The lowest BCUT2D eigenvalue weighted by Gasteiger charge is -2.14. The summed E-state index contributed by atoms with van der Waals surface area (Å²) in [5.41, 5.74) is 2.36. The van der Waals surface area contributed by atoms with Gasteiger partial charge in [-0.1, -0.05) is 55.5 Å². The fourth-order valence-corrected chi connectivity index (χ4v) is 1.99. The second kappa shape index (κ2) is 4.83. The first-order chi connectivity index (χ1) is 8.20. The molecule has 0 amide bonds. The maximum absolute atomic E-state index is 11.2. The van der Waals surface area contributed by atoms with E-state index in [9.17, 15) is 4.79 Å². The highest BCUT2D eigenvalue weighted by molar-refractivity contribution is 5.89. The monoisotopic (exact) mass is 226 g/mol. The summed E-state index contributed by atoms with van der Waals surface area (Å²) in [5, 5.41) is 9.16. The molecule has 2 aromatic carbocycles. The third-order valence-corrected chi connectivity index (χ3v) is 2.96. The molecule has 2 aromatic rings. The quantitative estimate of drug-likeness (QED) is 0.869. The van der Waals surface area contributed by atoms with Gasteiger partial charge in [-0.25, -0.2) is 4.79 Å². The normalized spacial score (nSPS) is 12.1. The van der Waals surface area contributed by atoms with Crippen LogP contribution in [0.15, 0.2) is 54.6 Å². The van der Waals surface area contributed by atoms with Crippen LogP contribution in [0.2, 0.25) is 0 Å². The van der Waals surface area contributed by atoms with Crippen LogP contribution in [0.4, 0.5) is 0 Å². The maximum Gasteiger partial charge on any atom is 0.335 e. The molecule has 0 aliphatic heterocycles. The molecule has 0 aromatic heterocycles. The van der Waals surface area contributed by atoms with Crippen LogP contribution in [0, 0.1) is 0 Å². The first kappa shape index (κ1) is 11.4. The predicted octanol–water partition coefficient (Wildman–Crippen LogP) is 3.54. The summed E-state index contributed by atoms with van der Waals surface area (Å²) in [6, 6.07) is 17.1. The fourth-order valence-electron chi connectivity index (χ4n) is 1.99.